The third-order valence-corrected chi connectivity index (χ3v) is 3.90. The van der Waals surface area contributed by atoms with Crippen molar-refractivity contribution in [1.29, 1.82) is 0 Å². The van der Waals surface area contributed by atoms with Crippen LogP contribution in [-0.2, 0) is 11.3 Å². The Hall–Kier alpha value is -2.89. The molecule has 0 atom stereocenters. The van der Waals surface area contributed by atoms with E-state index in [-0.39, 0.29) is 5.91 Å². The Morgan fingerprint density at radius 3 is 2.54 bits per heavy atom. The normalized spacial score (nSPS) is 11.2. The molecule has 0 aliphatic rings. The van der Waals surface area contributed by atoms with Crippen LogP contribution in [0.3, 0.4) is 0 Å². The smallest absolute Gasteiger partial charge is 0.227 e. The highest BCUT2D eigenvalue weighted by Gasteiger charge is 2.08. The number of aromatic nitrogens is 1. The predicted octanol–water partition coefficient (Wildman–Crippen LogP) is 2.73. The summed E-state index contributed by atoms with van der Waals surface area (Å²) in [7, 11) is 3.72. The van der Waals surface area contributed by atoms with Gasteiger partial charge in [0.2, 0.25) is 5.91 Å². The monoisotopic (exact) mass is 353 g/mol. The van der Waals surface area contributed by atoms with E-state index in [1.54, 1.807) is 13.1 Å². The second kappa shape index (κ2) is 9.56. The summed E-state index contributed by atoms with van der Waals surface area (Å²) in [6.45, 7) is 5.22. The maximum absolute atomic E-state index is 12.0. The first-order chi connectivity index (χ1) is 12.5. The first-order valence-electron chi connectivity index (χ1n) is 8.69. The zero-order valence-electron chi connectivity index (χ0n) is 15.9. The zero-order valence-corrected chi connectivity index (χ0v) is 15.9. The average Bonchev–Trinajstić information content (AvgIpc) is 2.60. The number of nitrogens with zero attached hydrogens (tertiary/aromatic N) is 3. The predicted molar refractivity (Wildman–Crippen MR) is 106 cm³/mol. The van der Waals surface area contributed by atoms with Crippen molar-refractivity contribution in [2.75, 3.05) is 26.0 Å². The van der Waals surface area contributed by atoms with Crippen LogP contribution in [0.5, 0.6) is 0 Å². The number of pyridine rings is 1. The molecule has 2 rings (SSSR count). The topological polar surface area (TPSA) is 69.6 Å². The molecular weight excluding hydrogens is 326 g/mol. The molecule has 1 heterocycles. The van der Waals surface area contributed by atoms with Gasteiger partial charge in [0.15, 0.2) is 5.96 Å². The number of aryl methyl sites for hydroxylation is 2. The van der Waals surface area contributed by atoms with Gasteiger partial charge in [0.05, 0.1) is 0 Å². The summed E-state index contributed by atoms with van der Waals surface area (Å²) in [5.74, 6) is 1.26. The molecule has 0 unspecified atom stereocenters. The van der Waals surface area contributed by atoms with E-state index in [2.05, 4.69) is 51.8 Å². The Bertz CT molecular complexity index is 755. The van der Waals surface area contributed by atoms with E-state index in [1.165, 1.54) is 11.1 Å². The number of rotatable bonds is 6. The van der Waals surface area contributed by atoms with Gasteiger partial charge in [-0.25, -0.2) is 4.98 Å². The Labute approximate surface area is 155 Å². The SMILES string of the molecule is CN=C(NCCC(=O)Nc1cccc(C)n1)N(C)Cc1ccc(C)cc1. The molecule has 2 aromatic rings. The fraction of sp³-hybridized carbons (Fsp3) is 0.350. The van der Waals surface area contributed by atoms with Crippen molar-refractivity contribution in [2.45, 2.75) is 26.8 Å². The Morgan fingerprint density at radius 1 is 1.15 bits per heavy atom. The number of hydrogen-bond acceptors (Lipinski definition) is 3. The molecule has 6 heteroatoms. The van der Waals surface area contributed by atoms with Gasteiger partial charge in [0.1, 0.15) is 5.82 Å². The molecule has 0 radical (unpaired) electrons. The van der Waals surface area contributed by atoms with E-state index in [1.807, 2.05) is 31.0 Å². The summed E-state index contributed by atoms with van der Waals surface area (Å²) in [5.41, 5.74) is 3.33. The maximum atomic E-state index is 12.0. The van der Waals surface area contributed by atoms with Crippen LogP contribution in [0, 0.1) is 13.8 Å². The molecule has 1 aromatic heterocycles. The van der Waals surface area contributed by atoms with E-state index in [0.717, 1.165) is 18.2 Å². The fourth-order valence-corrected chi connectivity index (χ4v) is 2.53. The van der Waals surface area contributed by atoms with Crippen LogP contribution < -0.4 is 10.6 Å². The Morgan fingerprint density at radius 2 is 1.88 bits per heavy atom. The molecule has 0 aliphatic carbocycles. The molecule has 26 heavy (non-hydrogen) atoms. The highest BCUT2D eigenvalue weighted by molar-refractivity contribution is 5.90. The Kier molecular flexibility index (Phi) is 7.14. The number of amides is 1. The molecule has 0 fully saturated rings. The van der Waals surface area contributed by atoms with Crippen molar-refractivity contribution in [2.24, 2.45) is 4.99 Å². The largest absolute Gasteiger partial charge is 0.356 e. The summed E-state index contributed by atoms with van der Waals surface area (Å²) in [6, 6.07) is 14.0. The van der Waals surface area contributed by atoms with Crippen molar-refractivity contribution >= 4 is 17.7 Å². The van der Waals surface area contributed by atoms with Gasteiger partial charge in [0, 0.05) is 39.3 Å². The minimum Gasteiger partial charge on any atom is -0.356 e. The molecule has 1 aromatic carbocycles. The second-order valence-electron chi connectivity index (χ2n) is 6.28. The first-order valence-corrected chi connectivity index (χ1v) is 8.69. The molecule has 0 spiro atoms. The molecule has 0 aliphatic heterocycles. The molecule has 0 bridgehead atoms. The lowest BCUT2D eigenvalue weighted by Gasteiger charge is -2.22. The van der Waals surface area contributed by atoms with E-state index in [4.69, 9.17) is 0 Å². The highest BCUT2D eigenvalue weighted by Crippen LogP contribution is 2.06. The molecule has 0 saturated carbocycles. The van der Waals surface area contributed by atoms with Crippen molar-refractivity contribution in [3.8, 4) is 0 Å². The highest BCUT2D eigenvalue weighted by atomic mass is 16.1. The van der Waals surface area contributed by atoms with E-state index in [0.29, 0.717) is 18.8 Å². The van der Waals surface area contributed by atoms with Crippen LogP contribution in [0.4, 0.5) is 5.82 Å². The first kappa shape index (κ1) is 19.4. The van der Waals surface area contributed by atoms with Crippen LogP contribution in [0.25, 0.3) is 0 Å². The number of benzene rings is 1. The fourth-order valence-electron chi connectivity index (χ4n) is 2.53. The molecule has 2 N–H and O–H groups in total. The van der Waals surface area contributed by atoms with Crippen molar-refractivity contribution < 1.29 is 4.79 Å². The number of hydrogen-bond donors (Lipinski definition) is 2. The quantitative estimate of drug-likeness (QED) is 0.619. The van der Waals surface area contributed by atoms with Gasteiger partial charge in [-0.3, -0.25) is 9.79 Å². The minimum atomic E-state index is -0.0766. The van der Waals surface area contributed by atoms with Gasteiger partial charge >= 0.3 is 0 Å². The van der Waals surface area contributed by atoms with Gasteiger partial charge in [0.25, 0.3) is 0 Å². The van der Waals surface area contributed by atoms with Crippen LogP contribution >= 0.6 is 0 Å². The minimum absolute atomic E-state index is 0.0766. The summed E-state index contributed by atoms with van der Waals surface area (Å²) in [4.78, 5) is 22.6. The number of anilines is 1. The maximum Gasteiger partial charge on any atom is 0.227 e. The summed E-state index contributed by atoms with van der Waals surface area (Å²) < 4.78 is 0. The van der Waals surface area contributed by atoms with Crippen molar-refractivity contribution in [3.63, 3.8) is 0 Å². The molecular formula is C20H27N5O. The average molecular weight is 353 g/mol. The zero-order chi connectivity index (χ0) is 18.9. The van der Waals surface area contributed by atoms with Crippen molar-refractivity contribution in [3.05, 3.63) is 59.3 Å². The molecule has 1 amide bonds. The standard InChI is InChI=1S/C20H27N5O/c1-15-8-10-17(11-9-15)14-25(4)20(21-3)22-13-12-19(26)24-18-7-5-6-16(2)23-18/h5-11H,12-14H2,1-4H3,(H,21,22)(H,23,24,26). The summed E-state index contributed by atoms with van der Waals surface area (Å²) >= 11 is 0. The summed E-state index contributed by atoms with van der Waals surface area (Å²) in [6.07, 6.45) is 0.340. The van der Waals surface area contributed by atoms with Gasteiger partial charge in [-0.05, 0) is 31.5 Å². The van der Waals surface area contributed by atoms with Crippen LogP contribution in [0.2, 0.25) is 0 Å². The second-order valence-corrected chi connectivity index (χ2v) is 6.28. The molecule has 0 saturated heterocycles. The van der Waals surface area contributed by atoms with Gasteiger partial charge in [-0.2, -0.15) is 0 Å². The van der Waals surface area contributed by atoms with Crippen LogP contribution in [0.15, 0.2) is 47.5 Å². The lowest BCUT2D eigenvalue weighted by molar-refractivity contribution is -0.116. The number of carbonyl (C=O) groups is 1. The van der Waals surface area contributed by atoms with Crippen molar-refractivity contribution in [1.82, 2.24) is 15.2 Å². The number of nitrogens with one attached hydrogen (secondary N) is 2. The van der Waals surface area contributed by atoms with E-state index in [9.17, 15) is 4.79 Å². The van der Waals surface area contributed by atoms with Gasteiger partial charge < -0.3 is 15.5 Å². The number of carbonyl (C=O) groups excluding carboxylic acids is 1. The third-order valence-electron chi connectivity index (χ3n) is 3.90. The van der Waals surface area contributed by atoms with E-state index < -0.39 is 0 Å². The molecule has 138 valence electrons. The third kappa shape index (κ3) is 6.20. The lowest BCUT2D eigenvalue weighted by Crippen LogP contribution is -2.39. The molecule has 6 nitrogen and oxygen atoms in total. The van der Waals surface area contributed by atoms with Gasteiger partial charge in [-0.1, -0.05) is 35.9 Å². The number of guanidine groups is 1. The lowest BCUT2D eigenvalue weighted by atomic mass is 10.1. The van der Waals surface area contributed by atoms with E-state index >= 15 is 0 Å². The number of aliphatic imine (C=N–C) groups is 1. The summed E-state index contributed by atoms with van der Waals surface area (Å²) in [5, 5.41) is 6.03. The van der Waals surface area contributed by atoms with Gasteiger partial charge in [-0.15, -0.1) is 0 Å². The Balaban J connectivity index is 1.78. The van der Waals surface area contributed by atoms with Crippen LogP contribution in [-0.4, -0.2) is 42.4 Å². The van der Waals surface area contributed by atoms with Crippen LogP contribution in [0.1, 0.15) is 23.2 Å².